The minimum Gasteiger partial charge on any atom is -0.398 e. The van der Waals surface area contributed by atoms with Crippen molar-refractivity contribution in [2.24, 2.45) is 0 Å². The molecular weight excluding hydrogens is 316 g/mol. The lowest BCUT2D eigenvalue weighted by atomic mass is 9.90. The number of benzene rings is 3. The van der Waals surface area contributed by atoms with Crippen molar-refractivity contribution in [2.75, 3.05) is 24.7 Å². The van der Waals surface area contributed by atoms with E-state index >= 15 is 0 Å². The van der Waals surface area contributed by atoms with Crippen molar-refractivity contribution in [3.05, 3.63) is 82.9 Å². The molecule has 3 aromatic carbocycles. The second kappa shape index (κ2) is 6.87. The normalized spacial score (nSPS) is 13.3. The predicted molar refractivity (Wildman–Crippen MR) is 112 cm³/mol. The van der Waals surface area contributed by atoms with Crippen molar-refractivity contribution < 1.29 is 0 Å². The fraction of sp³-hybridized carbons (Fsp3) is 0.250. The topological polar surface area (TPSA) is 29.3 Å². The molecule has 2 nitrogen and oxygen atoms in total. The Kier molecular flexibility index (Phi) is 4.42. The molecule has 0 aliphatic heterocycles. The van der Waals surface area contributed by atoms with Gasteiger partial charge in [-0.25, -0.2) is 0 Å². The standard InChI is InChI=1S/C24H26N2/c1-26(2)22-5-3-4-21(16-22)23-14-17-6-7-18-9-11-20(24(25)15-18)13-12-19(23)10-8-17/h3-5,8-11,14-16H,6-7,12-13,25H2,1-2H3. The predicted octanol–water partition coefficient (Wildman–Crippen LogP) is 4.89. The van der Waals surface area contributed by atoms with Gasteiger partial charge in [0.25, 0.3) is 0 Å². The monoisotopic (exact) mass is 342 g/mol. The first-order valence-corrected chi connectivity index (χ1v) is 9.37. The van der Waals surface area contributed by atoms with E-state index < -0.39 is 0 Å². The summed E-state index contributed by atoms with van der Waals surface area (Å²) in [4.78, 5) is 2.16. The van der Waals surface area contributed by atoms with Crippen LogP contribution >= 0.6 is 0 Å². The third-order valence-corrected chi connectivity index (χ3v) is 5.42. The smallest absolute Gasteiger partial charge is 0.0367 e. The minimum absolute atomic E-state index is 0.939. The highest BCUT2D eigenvalue weighted by Crippen LogP contribution is 2.31. The number of nitrogen functional groups attached to an aromatic ring is 1. The van der Waals surface area contributed by atoms with E-state index in [0.29, 0.717) is 0 Å². The molecule has 0 radical (unpaired) electrons. The summed E-state index contributed by atoms with van der Waals surface area (Å²) < 4.78 is 0. The summed E-state index contributed by atoms with van der Waals surface area (Å²) in [5.41, 5.74) is 16.5. The van der Waals surface area contributed by atoms with Crippen molar-refractivity contribution in [1.29, 1.82) is 0 Å². The Hall–Kier alpha value is -2.74. The lowest BCUT2D eigenvalue weighted by molar-refractivity contribution is 0.925. The lowest BCUT2D eigenvalue weighted by Crippen LogP contribution is -2.08. The molecule has 0 atom stereocenters. The summed E-state index contributed by atoms with van der Waals surface area (Å²) in [5.74, 6) is 0. The zero-order valence-corrected chi connectivity index (χ0v) is 15.6. The number of nitrogens with zero attached hydrogens (tertiary/aromatic N) is 1. The van der Waals surface area contributed by atoms with E-state index in [-0.39, 0.29) is 0 Å². The molecule has 4 aliphatic carbocycles. The quantitative estimate of drug-likeness (QED) is 0.672. The Balaban J connectivity index is 1.78. The molecule has 0 amide bonds. The number of rotatable bonds is 2. The van der Waals surface area contributed by atoms with Crippen LogP contribution in [0.4, 0.5) is 11.4 Å². The van der Waals surface area contributed by atoms with Gasteiger partial charge in [0.2, 0.25) is 0 Å². The van der Waals surface area contributed by atoms with Gasteiger partial charge in [-0.3, -0.25) is 0 Å². The third-order valence-electron chi connectivity index (χ3n) is 5.42. The summed E-state index contributed by atoms with van der Waals surface area (Å²) in [6.45, 7) is 0. The molecule has 4 bridgehead atoms. The Morgan fingerprint density at radius 1 is 0.731 bits per heavy atom. The Labute approximate surface area is 156 Å². The van der Waals surface area contributed by atoms with E-state index in [1.807, 2.05) is 0 Å². The van der Waals surface area contributed by atoms with Gasteiger partial charge < -0.3 is 10.6 Å². The van der Waals surface area contributed by atoms with Crippen molar-refractivity contribution in [3.8, 4) is 11.1 Å². The molecule has 2 heteroatoms. The zero-order chi connectivity index (χ0) is 18.1. The van der Waals surface area contributed by atoms with Gasteiger partial charge in [0.1, 0.15) is 0 Å². The van der Waals surface area contributed by atoms with E-state index in [2.05, 4.69) is 79.7 Å². The average Bonchev–Trinajstić information content (AvgIpc) is 2.64. The molecule has 7 rings (SSSR count). The second-order valence-electron chi connectivity index (χ2n) is 7.47. The van der Waals surface area contributed by atoms with E-state index in [1.54, 1.807) is 0 Å². The van der Waals surface area contributed by atoms with Crippen LogP contribution in [0, 0.1) is 0 Å². The van der Waals surface area contributed by atoms with Crippen LogP contribution in [0.25, 0.3) is 11.1 Å². The van der Waals surface area contributed by atoms with Crippen molar-refractivity contribution in [2.45, 2.75) is 25.7 Å². The first-order chi connectivity index (χ1) is 12.6. The summed E-state index contributed by atoms with van der Waals surface area (Å²) >= 11 is 0. The molecule has 0 saturated heterocycles. The van der Waals surface area contributed by atoms with Crippen LogP contribution in [0.5, 0.6) is 0 Å². The first kappa shape index (κ1) is 16.7. The number of anilines is 2. The van der Waals surface area contributed by atoms with Crippen LogP contribution in [0.15, 0.2) is 60.7 Å². The highest BCUT2D eigenvalue weighted by molar-refractivity contribution is 5.72. The molecule has 0 unspecified atom stereocenters. The molecule has 0 spiro atoms. The SMILES string of the molecule is CN(C)c1cccc(-c2cc3ccc2CCc2ccc(cc2N)CC3)c1. The van der Waals surface area contributed by atoms with Gasteiger partial charge >= 0.3 is 0 Å². The van der Waals surface area contributed by atoms with Crippen LogP contribution in [0.3, 0.4) is 0 Å². The van der Waals surface area contributed by atoms with E-state index in [0.717, 1.165) is 31.4 Å². The molecule has 0 aromatic heterocycles. The van der Waals surface area contributed by atoms with Crippen LogP contribution in [0.2, 0.25) is 0 Å². The summed E-state index contributed by atoms with van der Waals surface area (Å²) in [7, 11) is 4.18. The molecule has 0 saturated carbocycles. The van der Waals surface area contributed by atoms with Crippen LogP contribution in [-0.4, -0.2) is 14.1 Å². The van der Waals surface area contributed by atoms with Gasteiger partial charge in [0.05, 0.1) is 0 Å². The maximum absolute atomic E-state index is 6.29. The van der Waals surface area contributed by atoms with E-state index in [4.69, 9.17) is 5.73 Å². The summed E-state index contributed by atoms with van der Waals surface area (Å²) in [5, 5.41) is 0. The van der Waals surface area contributed by atoms with E-state index in [9.17, 15) is 0 Å². The van der Waals surface area contributed by atoms with Gasteiger partial charge in [-0.05, 0) is 77.3 Å². The number of nitrogens with two attached hydrogens (primary N) is 1. The van der Waals surface area contributed by atoms with Crippen molar-refractivity contribution >= 4 is 11.4 Å². The van der Waals surface area contributed by atoms with Crippen LogP contribution < -0.4 is 10.6 Å². The van der Waals surface area contributed by atoms with Crippen molar-refractivity contribution in [3.63, 3.8) is 0 Å². The Morgan fingerprint density at radius 2 is 1.42 bits per heavy atom. The Bertz CT molecular complexity index is 941. The van der Waals surface area contributed by atoms with Gasteiger partial charge in [-0.2, -0.15) is 0 Å². The third kappa shape index (κ3) is 3.32. The van der Waals surface area contributed by atoms with E-state index in [1.165, 1.54) is 39.1 Å². The molecular formula is C24H26N2. The first-order valence-electron chi connectivity index (χ1n) is 9.37. The molecule has 3 aromatic rings. The number of aryl methyl sites for hydroxylation is 4. The van der Waals surface area contributed by atoms with Gasteiger partial charge in [0.15, 0.2) is 0 Å². The highest BCUT2D eigenvalue weighted by Gasteiger charge is 2.11. The molecule has 2 N–H and O–H groups in total. The van der Waals surface area contributed by atoms with Gasteiger partial charge in [-0.15, -0.1) is 0 Å². The van der Waals surface area contributed by atoms with Crippen molar-refractivity contribution in [1.82, 2.24) is 0 Å². The molecule has 26 heavy (non-hydrogen) atoms. The summed E-state index contributed by atoms with van der Waals surface area (Å²) in [6, 6.07) is 22.4. The highest BCUT2D eigenvalue weighted by atomic mass is 15.1. The minimum atomic E-state index is 0.939. The van der Waals surface area contributed by atoms with Gasteiger partial charge in [0, 0.05) is 25.5 Å². The van der Waals surface area contributed by atoms with Crippen LogP contribution in [-0.2, 0) is 25.7 Å². The number of hydrogen-bond acceptors (Lipinski definition) is 2. The summed E-state index contributed by atoms with van der Waals surface area (Å²) in [6.07, 6.45) is 4.05. The fourth-order valence-corrected chi connectivity index (χ4v) is 3.80. The lowest BCUT2D eigenvalue weighted by Gasteiger charge is -2.18. The fourth-order valence-electron chi connectivity index (χ4n) is 3.80. The maximum atomic E-state index is 6.29. The van der Waals surface area contributed by atoms with Crippen LogP contribution in [0.1, 0.15) is 22.3 Å². The molecule has 0 fully saturated rings. The Morgan fingerprint density at radius 3 is 2.15 bits per heavy atom. The second-order valence-corrected chi connectivity index (χ2v) is 7.47. The maximum Gasteiger partial charge on any atom is 0.0367 e. The van der Waals surface area contributed by atoms with Gasteiger partial charge in [-0.1, -0.05) is 42.5 Å². The number of hydrogen-bond donors (Lipinski definition) is 1. The zero-order valence-electron chi connectivity index (χ0n) is 15.6. The molecule has 132 valence electrons. The largest absolute Gasteiger partial charge is 0.398 e. The molecule has 4 aliphatic rings. The average molecular weight is 342 g/mol. The molecule has 0 heterocycles.